The first-order chi connectivity index (χ1) is 15.2. The van der Waals surface area contributed by atoms with Crippen molar-refractivity contribution in [1.29, 1.82) is 0 Å². The van der Waals surface area contributed by atoms with E-state index >= 15 is 0 Å². The summed E-state index contributed by atoms with van der Waals surface area (Å²) in [6.45, 7) is 3.70. The lowest BCUT2D eigenvalue weighted by molar-refractivity contribution is -0.130. The molecular formula is C23H31ClN2O5S. The van der Waals surface area contributed by atoms with Gasteiger partial charge in [-0.05, 0) is 74.5 Å². The third-order valence-electron chi connectivity index (χ3n) is 7.28. The fourth-order valence-corrected chi connectivity index (χ4v) is 8.02. The van der Waals surface area contributed by atoms with E-state index in [0.717, 1.165) is 19.3 Å². The topological polar surface area (TPSA) is 92.8 Å². The number of nitrogens with one attached hydrogen (secondary N) is 1. The van der Waals surface area contributed by atoms with Crippen molar-refractivity contribution in [3.8, 4) is 0 Å². The number of carbonyl (C=O) groups is 2. The van der Waals surface area contributed by atoms with Crippen molar-refractivity contribution in [2.45, 2.75) is 62.8 Å². The van der Waals surface area contributed by atoms with Gasteiger partial charge in [-0.2, -0.15) is 4.31 Å². The molecule has 9 heteroatoms. The van der Waals surface area contributed by atoms with Gasteiger partial charge < -0.3 is 10.1 Å². The molecular weight excluding hydrogens is 452 g/mol. The predicted molar refractivity (Wildman–Crippen MR) is 121 cm³/mol. The smallest absolute Gasteiger partial charge is 0.340 e. The van der Waals surface area contributed by atoms with Crippen molar-refractivity contribution in [1.82, 2.24) is 9.62 Å². The molecule has 0 aromatic heterocycles. The summed E-state index contributed by atoms with van der Waals surface area (Å²) in [5.41, 5.74) is -0.226. The van der Waals surface area contributed by atoms with Crippen LogP contribution >= 0.6 is 11.6 Å². The lowest BCUT2D eigenvalue weighted by atomic mass is 9.53. The standard InChI is InChI=1S/C23H31ClN2O5S/c1-3-26(4-2)32(29,30)18-5-6-20(24)19(10-18)22(28)31-14-21(27)25-23-11-15-7-16(12-23)9-17(8-15)13-23/h5-6,10,15-17H,3-4,7-9,11-14H2,1-2H3,(H,25,27). The maximum absolute atomic E-state index is 12.8. The molecule has 5 rings (SSSR count). The van der Waals surface area contributed by atoms with Gasteiger partial charge in [0, 0.05) is 18.6 Å². The Morgan fingerprint density at radius 3 is 2.19 bits per heavy atom. The van der Waals surface area contributed by atoms with Crippen molar-refractivity contribution in [3.63, 3.8) is 0 Å². The van der Waals surface area contributed by atoms with Crippen LogP contribution in [0.3, 0.4) is 0 Å². The van der Waals surface area contributed by atoms with E-state index in [0.29, 0.717) is 30.8 Å². The molecule has 4 aliphatic rings. The number of hydrogen-bond acceptors (Lipinski definition) is 5. The highest BCUT2D eigenvalue weighted by molar-refractivity contribution is 7.89. The van der Waals surface area contributed by atoms with Crippen molar-refractivity contribution >= 4 is 33.5 Å². The quantitative estimate of drug-likeness (QED) is 0.571. The molecule has 0 aliphatic heterocycles. The highest BCUT2D eigenvalue weighted by Gasteiger charge is 2.51. The number of benzene rings is 1. The average Bonchev–Trinajstić information content (AvgIpc) is 2.71. The zero-order valence-corrected chi connectivity index (χ0v) is 20.2. The normalized spacial score (nSPS) is 28.7. The Morgan fingerprint density at radius 2 is 1.66 bits per heavy atom. The van der Waals surface area contributed by atoms with Gasteiger partial charge in [0.25, 0.3) is 5.91 Å². The van der Waals surface area contributed by atoms with Crippen LogP contribution in [0.15, 0.2) is 23.1 Å². The zero-order chi connectivity index (χ0) is 23.1. The van der Waals surface area contributed by atoms with E-state index in [1.54, 1.807) is 13.8 Å². The molecule has 1 aromatic rings. The van der Waals surface area contributed by atoms with Crippen LogP contribution in [0.5, 0.6) is 0 Å². The first-order valence-corrected chi connectivity index (χ1v) is 13.3. The Labute approximate surface area is 194 Å². The minimum absolute atomic E-state index is 0.0319. The van der Waals surface area contributed by atoms with E-state index < -0.39 is 22.6 Å². The number of rotatable bonds is 8. The van der Waals surface area contributed by atoms with Gasteiger partial charge in [-0.1, -0.05) is 25.4 Å². The molecule has 4 saturated carbocycles. The summed E-state index contributed by atoms with van der Waals surface area (Å²) >= 11 is 6.14. The molecule has 0 saturated heterocycles. The van der Waals surface area contributed by atoms with Crippen LogP contribution in [-0.2, 0) is 19.6 Å². The van der Waals surface area contributed by atoms with Crippen LogP contribution in [0.4, 0.5) is 0 Å². The van der Waals surface area contributed by atoms with Gasteiger partial charge in [-0.3, -0.25) is 4.79 Å². The van der Waals surface area contributed by atoms with E-state index in [1.165, 1.54) is 41.8 Å². The van der Waals surface area contributed by atoms with Crippen LogP contribution in [0.2, 0.25) is 5.02 Å². The monoisotopic (exact) mass is 482 g/mol. The van der Waals surface area contributed by atoms with Crippen molar-refractivity contribution < 1.29 is 22.7 Å². The van der Waals surface area contributed by atoms with E-state index in [-0.39, 0.29) is 26.9 Å². The van der Waals surface area contributed by atoms with Gasteiger partial charge in [0.15, 0.2) is 6.61 Å². The van der Waals surface area contributed by atoms with Gasteiger partial charge in [0.05, 0.1) is 15.5 Å². The van der Waals surface area contributed by atoms with Crippen molar-refractivity contribution in [2.24, 2.45) is 17.8 Å². The number of sulfonamides is 1. The molecule has 0 unspecified atom stereocenters. The average molecular weight is 483 g/mol. The largest absolute Gasteiger partial charge is 0.452 e. The summed E-state index contributed by atoms with van der Waals surface area (Å²) in [5, 5.41) is 3.24. The van der Waals surface area contributed by atoms with Crippen LogP contribution in [0.1, 0.15) is 62.7 Å². The second-order valence-corrected chi connectivity index (χ2v) is 11.9. The Bertz CT molecular complexity index is 970. The highest BCUT2D eigenvalue weighted by Crippen LogP contribution is 2.55. The van der Waals surface area contributed by atoms with Crippen molar-refractivity contribution in [2.75, 3.05) is 19.7 Å². The molecule has 4 bridgehead atoms. The number of hydrogen-bond donors (Lipinski definition) is 1. The molecule has 176 valence electrons. The molecule has 0 radical (unpaired) electrons. The molecule has 1 amide bonds. The SMILES string of the molecule is CCN(CC)S(=O)(=O)c1ccc(Cl)c(C(=O)OCC(=O)NC23CC4CC(CC(C4)C2)C3)c1. The summed E-state index contributed by atoms with van der Waals surface area (Å²) in [7, 11) is -3.75. The first-order valence-electron chi connectivity index (χ1n) is 11.4. The molecule has 7 nitrogen and oxygen atoms in total. The van der Waals surface area contributed by atoms with Crippen LogP contribution in [0.25, 0.3) is 0 Å². The minimum Gasteiger partial charge on any atom is -0.452 e. The molecule has 1 aromatic carbocycles. The van der Waals surface area contributed by atoms with Crippen LogP contribution in [-0.4, -0.2) is 49.8 Å². The number of halogens is 1. The highest BCUT2D eigenvalue weighted by atomic mass is 35.5. The Hall–Kier alpha value is -1.64. The Kier molecular flexibility index (Phi) is 6.58. The second kappa shape index (κ2) is 8.95. The number of esters is 1. The minimum atomic E-state index is -3.75. The van der Waals surface area contributed by atoms with E-state index in [9.17, 15) is 18.0 Å². The van der Waals surface area contributed by atoms with Gasteiger partial charge in [-0.15, -0.1) is 0 Å². The summed E-state index contributed by atoms with van der Waals surface area (Å²) in [6.07, 6.45) is 6.85. The van der Waals surface area contributed by atoms with Gasteiger partial charge >= 0.3 is 5.97 Å². The van der Waals surface area contributed by atoms with Gasteiger partial charge in [0.1, 0.15) is 0 Å². The molecule has 1 N–H and O–H groups in total. The maximum Gasteiger partial charge on any atom is 0.340 e. The molecule has 32 heavy (non-hydrogen) atoms. The number of carbonyl (C=O) groups excluding carboxylic acids is 2. The van der Waals surface area contributed by atoms with Crippen LogP contribution in [0, 0.1) is 17.8 Å². The molecule has 0 atom stereocenters. The summed E-state index contributed by atoms with van der Waals surface area (Å²) in [4.78, 5) is 25.2. The number of ether oxygens (including phenoxy) is 1. The fraction of sp³-hybridized carbons (Fsp3) is 0.652. The number of nitrogens with zero attached hydrogens (tertiary/aromatic N) is 1. The second-order valence-electron chi connectivity index (χ2n) is 9.55. The maximum atomic E-state index is 12.8. The lowest BCUT2D eigenvalue weighted by Crippen LogP contribution is -2.60. The first kappa shape index (κ1) is 23.5. The van der Waals surface area contributed by atoms with E-state index in [1.807, 2.05) is 0 Å². The summed E-state index contributed by atoms with van der Waals surface area (Å²) in [6, 6.07) is 3.95. The van der Waals surface area contributed by atoms with E-state index in [2.05, 4.69) is 5.32 Å². The van der Waals surface area contributed by atoms with Gasteiger partial charge in [-0.25, -0.2) is 13.2 Å². The molecule has 4 fully saturated rings. The summed E-state index contributed by atoms with van der Waals surface area (Å²) < 4.78 is 32.0. The molecule has 0 spiro atoms. The number of amides is 1. The van der Waals surface area contributed by atoms with Crippen molar-refractivity contribution in [3.05, 3.63) is 28.8 Å². The third-order valence-corrected chi connectivity index (χ3v) is 9.65. The zero-order valence-electron chi connectivity index (χ0n) is 18.6. The predicted octanol–water partition coefficient (Wildman–Crippen LogP) is 3.61. The Morgan fingerprint density at radius 1 is 1.09 bits per heavy atom. The molecule has 0 heterocycles. The Balaban J connectivity index is 1.40. The van der Waals surface area contributed by atoms with Gasteiger partial charge in [0.2, 0.25) is 10.0 Å². The van der Waals surface area contributed by atoms with E-state index in [4.69, 9.17) is 16.3 Å². The molecule has 4 aliphatic carbocycles. The lowest BCUT2D eigenvalue weighted by Gasteiger charge is -2.56. The third kappa shape index (κ3) is 4.54. The fourth-order valence-electron chi connectivity index (χ4n) is 6.34. The summed E-state index contributed by atoms with van der Waals surface area (Å²) in [5.74, 6) is 0.950. The van der Waals surface area contributed by atoms with Crippen LogP contribution < -0.4 is 5.32 Å².